The molecule has 0 radical (unpaired) electrons. The molecule has 1 aliphatic heterocycles. The van der Waals surface area contributed by atoms with Crippen molar-refractivity contribution in [1.82, 2.24) is 15.3 Å². The average Bonchev–Trinajstić information content (AvgIpc) is 4.07. The van der Waals surface area contributed by atoms with E-state index >= 15 is 0 Å². The van der Waals surface area contributed by atoms with E-state index in [0.29, 0.717) is 58.6 Å². The summed E-state index contributed by atoms with van der Waals surface area (Å²) in [4.78, 5) is 8.55. The van der Waals surface area contributed by atoms with E-state index in [0.717, 1.165) is 18.4 Å². The van der Waals surface area contributed by atoms with Crippen molar-refractivity contribution in [1.29, 1.82) is 0 Å². The molecule has 8 N–H and O–H groups in total. The summed E-state index contributed by atoms with van der Waals surface area (Å²) in [6.07, 6.45) is 27.4. The number of hydrogen-bond acceptors (Lipinski definition) is 8. The fourth-order valence-electron chi connectivity index (χ4n) is 16.2. The topological polar surface area (TPSA) is 162 Å². The van der Waals surface area contributed by atoms with E-state index in [2.05, 4.69) is 46.8 Å². The molecule has 2 spiro atoms. The summed E-state index contributed by atoms with van der Waals surface area (Å²) >= 11 is 0. The lowest BCUT2D eigenvalue weighted by Gasteiger charge is -2.73. The van der Waals surface area contributed by atoms with Gasteiger partial charge in [0.05, 0.1) is 17.8 Å². The predicted octanol–water partition coefficient (Wildman–Crippen LogP) is 9.88. The number of piperidine rings is 1. The number of allylic oxidation sites excluding steroid dienone is 1. The van der Waals surface area contributed by atoms with Crippen molar-refractivity contribution in [3.05, 3.63) is 118 Å². The molecule has 4 saturated carbocycles. The van der Waals surface area contributed by atoms with Gasteiger partial charge in [0.25, 0.3) is 0 Å². The van der Waals surface area contributed by atoms with Gasteiger partial charge in [-0.1, -0.05) is 73.5 Å². The Morgan fingerprint density at radius 1 is 0.778 bits per heavy atom. The first-order chi connectivity index (χ1) is 30.6. The van der Waals surface area contributed by atoms with Crippen LogP contribution in [-0.2, 0) is 24.7 Å². The number of aromatic nitrogens is 2. The third-order valence-electron chi connectivity index (χ3n) is 18.5. The van der Waals surface area contributed by atoms with Gasteiger partial charge in [-0.05, 0) is 163 Å². The summed E-state index contributed by atoms with van der Waals surface area (Å²) in [6.45, 7) is 0. The molecule has 326 valence electrons. The van der Waals surface area contributed by atoms with Crippen molar-refractivity contribution in [3.63, 3.8) is 0 Å². The minimum Gasteiger partial charge on any atom is -0.507 e. The number of fused-ring (bicyclic) bond motifs is 7. The molecule has 1 saturated heterocycles. The number of rotatable bonds is 6. The number of aromatic amines is 1. The molecule has 11 unspecified atom stereocenters. The van der Waals surface area contributed by atoms with Crippen molar-refractivity contribution in [2.45, 2.75) is 113 Å². The maximum absolute atomic E-state index is 12.5. The summed E-state index contributed by atoms with van der Waals surface area (Å²) in [7, 11) is 0. The molecule has 11 atom stereocenters. The van der Waals surface area contributed by atoms with Crippen LogP contribution in [0, 0.1) is 40.4 Å². The predicted molar refractivity (Wildman–Crippen MR) is 243 cm³/mol. The largest absolute Gasteiger partial charge is 0.507 e. The van der Waals surface area contributed by atoms with Gasteiger partial charge in [-0.2, -0.15) is 0 Å². The molecule has 9 nitrogen and oxygen atoms in total. The van der Waals surface area contributed by atoms with Crippen LogP contribution in [0.15, 0.2) is 79.3 Å². The van der Waals surface area contributed by atoms with Gasteiger partial charge < -0.3 is 40.9 Å². The van der Waals surface area contributed by atoms with Crippen LogP contribution < -0.4 is 5.32 Å². The normalized spacial score (nSPS) is 35.1. The van der Waals surface area contributed by atoms with Crippen molar-refractivity contribution in [2.75, 3.05) is 0 Å². The number of H-pyrrole nitrogens is 1. The standard InChI is InChI=1S/C54H59N3O6/c58-41-18-11-31(25-44(41)61)9-16-38-39-6-1-7-42(59)46(39)49(63)48(62)40(38)17-10-30-8-15-37-32(24-30)12-13-33-26-34-27-36-5-3-21-53(36)23-22-52-20-2-4-35(52)14-19-43(60)50(52)54(53,45-28-55-29-56-45)51(34)57-47(33)37/h1,6-9,11,14-16,18-19,24-25,28-29,33-36,43,47,50-51,57-63H,2-5,10,12-13,17,20-23,26-27H2,(H,55,56). The lowest BCUT2D eigenvalue weighted by molar-refractivity contribution is -0.201. The fourth-order valence-corrected chi connectivity index (χ4v) is 16.2. The molecule has 7 aliphatic rings. The van der Waals surface area contributed by atoms with E-state index in [9.17, 15) is 30.6 Å². The lowest BCUT2D eigenvalue weighted by atomic mass is 9.33. The highest BCUT2D eigenvalue weighted by Crippen LogP contribution is 2.78. The van der Waals surface area contributed by atoms with Gasteiger partial charge in [0.1, 0.15) is 5.75 Å². The Morgan fingerprint density at radius 2 is 1.67 bits per heavy atom. The molecular weight excluding hydrogens is 787 g/mol. The second-order valence-electron chi connectivity index (χ2n) is 20.7. The van der Waals surface area contributed by atoms with Gasteiger partial charge in [-0.25, -0.2) is 4.98 Å². The fraction of sp³-hybridized carbons (Fsp3) is 0.463. The van der Waals surface area contributed by atoms with Crippen LogP contribution in [0.4, 0.5) is 0 Å². The number of phenols is 5. The second-order valence-corrected chi connectivity index (χ2v) is 20.7. The highest BCUT2D eigenvalue weighted by atomic mass is 16.3. The maximum atomic E-state index is 12.5. The van der Waals surface area contributed by atoms with Crippen LogP contribution in [0.2, 0.25) is 0 Å². The highest BCUT2D eigenvalue weighted by Gasteiger charge is 2.76. The molecule has 0 bridgehead atoms. The van der Waals surface area contributed by atoms with Crippen LogP contribution in [0.3, 0.4) is 0 Å². The van der Waals surface area contributed by atoms with E-state index in [4.69, 9.17) is 4.98 Å². The number of nitrogens with one attached hydrogen (secondary N) is 2. The van der Waals surface area contributed by atoms with Gasteiger partial charge in [0, 0.05) is 40.9 Å². The number of aryl methyl sites for hydroxylation is 2. The van der Waals surface area contributed by atoms with E-state index in [1.54, 1.807) is 18.2 Å². The molecular formula is C54H59N3O6. The smallest absolute Gasteiger partial charge is 0.169 e. The molecule has 5 aromatic rings. The Balaban J connectivity index is 0.896. The third kappa shape index (κ3) is 5.51. The summed E-state index contributed by atoms with van der Waals surface area (Å²) < 4.78 is 0. The minimum atomic E-state index is -0.479. The number of aliphatic hydroxyl groups excluding tert-OH is 1. The summed E-state index contributed by atoms with van der Waals surface area (Å²) in [5.74, 6) is 1.25. The number of aliphatic hydroxyl groups is 1. The first-order valence-electron chi connectivity index (χ1n) is 23.7. The van der Waals surface area contributed by atoms with E-state index in [1.165, 1.54) is 99.2 Å². The number of nitrogens with zero attached hydrogens (tertiary/aromatic N) is 1. The van der Waals surface area contributed by atoms with Crippen LogP contribution in [0.5, 0.6) is 28.7 Å². The molecule has 5 fully saturated rings. The second kappa shape index (κ2) is 14.4. The molecule has 4 aromatic carbocycles. The summed E-state index contributed by atoms with van der Waals surface area (Å²) in [5.41, 5.74) is 7.05. The van der Waals surface area contributed by atoms with Crippen molar-refractivity contribution < 1.29 is 30.6 Å². The van der Waals surface area contributed by atoms with Crippen molar-refractivity contribution >= 4 is 22.9 Å². The maximum Gasteiger partial charge on any atom is 0.169 e. The number of phenolic OH excluding ortho intramolecular Hbond substituents is 5. The lowest BCUT2D eigenvalue weighted by Crippen LogP contribution is -2.76. The zero-order valence-corrected chi connectivity index (χ0v) is 35.8. The molecule has 9 heteroatoms. The Hall–Kier alpha value is -5.25. The Kier molecular flexibility index (Phi) is 8.98. The molecule has 6 aliphatic carbocycles. The van der Waals surface area contributed by atoms with Crippen molar-refractivity contribution in [3.8, 4) is 28.7 Å². The Morgan fingerprint density at radius 3 is 2.52 bits per heavy atom. The molecule has 0 amide bonds. The van der Waals surface area contributed by atoms with Gasteiger partial charge >= 0.3 is 0 Å². The van der Waals surface area contributed by atoms with Crippen LogP contribution in [0.25, 0.3) is 22.9 Å². The average molecular weight is 846 g/mol. The molecule has 63 heavy (non-hydrogen) atoms. The van der Waals surface area contributed by atoms with Crippen molar-refractivity contribution in [2.24, 2.45) is 40.4 Å². The highest BCUT2D eigenvalue weighted by molar-refractivity contribution is 6.03. The minimum absolute atomic E-state index is 0.109. The number of imidazole rings is 1. The Labute approximate surface area is 368 Å². The van der Waals surface area contributed by atoms with Gasteiger partial charge in [0.15, 0.2) is 23.0 Å². The number of aromatic hydroxyl groups is 5. The summed E-state index contributed by atoms with van der Waals surface area (Å²) in [5, 5.41) is 71.4. The number of hydrogen-bond donors (Lipinski definition) is 8. The van der Waals surface area contributed by atoms with E-state index < -0.39 is 6.10 Å². The SMILES string of the molecule is Oc1ccc(C=Cc2c(CCc3ccc4c(c3)CCC3CC5CC6CCCC67CCC68CCCC6C=CC(O)C8C7(c6cnc[nH]6)C5NC43)c(O)c(O)c3c(O)cccc23)cc1O. The first-order valence-corrected chi connectivity index (χ1v) is 23.7. The molecule has 2 heterocycles. The van der Waals surface area contributed by atoms with Crippen LogP contribution >= 0.6 is 0 Å². The molecule has 1 aromatic heterocycles. The monoisotopic (exact) mass is 845 g/mol. The van der Waals surface area contributed by atoms with E-state index in [1.807, 2.05) is 18.5 Å². The van der Waals surface area contributed by atoms with Crippen LogP contribution in [-0.4, -0.2) is 52.8 Å². The zero-order valence-electron chi connectivity index (χ0n) is 35.8. The number of benzene rings is 4. The zero-order chi connectivity index (χ0) is 42.8. The van der Waals surface area contributed by atoms with Gasteiger partial charge in [0.2, 0.25) is 0 Å². The summed E-state index contributed by atoms with van der Waals surface area (Å²) in [6, 6.07) is 17.0. The van der Waals surface area contributed by atoms with Gasteiger partial charge in [-0.15, -0.1) is 0 Å². The van der Waals surface area contributed by atoms with Gasteiger partial charge in [-0.3, -0.25) is 0 Å². The third-order valence-corrected chi connectivity index (χ3v) is 18.5. The quantitative estimate of drug-likeness (QED) is 0.0476. The first kappa shape index (κ1) is 39.3. The Bertz CT molecular complexity index is 2690. The molecule has 12 rings (SSSR count). The van der Waals surface area contributed by atoms with E-state index in [-0.39, 0.29) is 68.4 Å². The van der Waals surface area contributed by atoms with Crippen LogP contribution in [0.1, 0.15) is 116 Å².